The molecular weight excluding hydrogens is 346 g/mol. The van der Waals surface area contributed by atoms with Gasteiger partial charge < -0.3 is 4.90 Å². The Balaban J connectivity index is 1.71. The minimum atomic E-state index is -0.459. The lowest BCUT2D eigenvalue weighted by atomic mass is 9.86. The smallest absolute Gasteiger partial charge is 0.299 e. The summed E-state index contributed by atoms with van der Waals surface area (Å²) in [4.78, 5) is 26.5. The van der Waals surface area contributed by atoms with E-state index in [0.29, 0.717) is 17.8 Å². The number of hydrogen-bond donors (Lipinski definition) is 0. The lowest BCUT2D eigenvalue weighted by molar-refractivity contribution is -0.114. The van der Waals surface area contributed by atoms with Crippen molar-refractivity contribution in [3.05, 3.63) is 89.5 Å². The number of ketones is 1. The molecule has 0 atom stereocenters. The molecule has 1 aliphatic heterocycles. The molecule has 0 fully saturated rings. The van der Waals surface area contributed by atoms with Crippen molar-refractivity contribution in [3.63, 3.8) is 0 Å². The van der Waals surface area contributed by atoms with E-state index < -0.39 is 11.7 Å². The molecule has 3 aromatic carbocycles. The summed E-state index contributed by atoms with van der Waals surface area (Å²) in [5.41, 5.74) is 5.61. The Hall–Kier alpha value is -3.20. The molecule has 0 bridgehead atoms. The first-order valence-corrected chi connectivity index (χ1v) is 9.50. The Bertz CT molecular complexity index is 1040. The van der Waals surface area contributed by atoms with E-state index in [2.05, 4.69) is 45.0 Å². The maximum atomic E-state index is 12.5. The second-order valence-electron chi connectivity index (χ2n) is 8.27. The van der Waals surface area contributed by atoms with Gasteiger partial charge in [-0.2, -0.15) is 0 Å². The van der Waals surface area contributed by atoms with E-state index in [1.165, 1.54) is 5.56 Å². The standard InChI is InChI=1S/C25H23NO2/c1-25(2,3)20-12-9-18(10-13-20)19-11-14-21-22(15-19)26(24(28)23(21)27)16-17-7-5-4-6-8-17/h4-15H,16H2,1-3H3. The van der Waals surface area contributed by atoms with Gasteiger partial charge in [-0.1, -0.05) is 81.4 Å². The molecule has 0 unspecified atom stereocenters. The van der Waals surface area contributed by atoms with Gasteiger partial charge >= 0.3 is 0 Å². The fourth-order valence-corrected chi connectivity index (χ4v) is 3.56. The first kappa shape index (κ1) is 18.2. The Morgan fingerprint density at radius 1 is 0.786 bits per heavy atom. The third-order valence-electron chi connectivity index (χ3n) is 5.24. The molecule has 0 aromatic heterocycles. The number of rotatable bonds is 3. The number of benzene rings is 3. The summed E-state index contributed by atoms with van der Waals surface area (Å²) in [6.45, 7) is 6.97. The molecule has 140 valence electrons. The van der Waals surface area contributed by atoms with Gasteiger partial charge in [-0.05, 0) is 39.8 Å². The van der Waals surface area contributed by atoms with Crippen molar-refractivity contribution < 1.29 is 9.59 Å². The summed E-state index contributed by atoms with van der Waals surface area (Å²) in [7, 11) is 0. The maximum Gasteiger partial charge on any atom is 0.299 e. The molecule has 3 heteroatoms. The molecular formula is C25H23NO2. The lowest BCUT2D eigenvalue weighted by Gasteiger charge is -2.20. The van der Waals surface area contributed by atoms with Gasteiger partial charge in [0.2, 0.25) is 0 Å². The fourth-order valence-electron chi connectivity index (χ4n) is 3.56. The van der Waals surface area contributed by atoms with Crippen LogP contribution in [-0.2, 0) is 16.8 Å². The highest BCUT2D eigenvalue weighted by Crippen LogP contribution is 2.35. The molecule has 4 rings (SSSR count). The number of carbonyl (C=O) groups is 2. The average molecular weight is 369 g/mol. The molecule has 28 heavy (non-hydrogen) atoms. The second-order valence-corrected chi connectivity index (χ2v) is 8.27. The molecule has 0 spiro atoms. The van der Waals surface area contributed by atoms with Crippen LogP contribution in [0.5, 0.6) is 0 Å². The largest absolute Gasteiger partial charge is 0.300 e. The van der Waals surface area contributed by atoms with Gasteiger partial charge in [0.1, 0.15) is 0 Å². The van der Waals surface area contributed by atoms with Crippen molar-refractivity contribution >= 4 is 17.4 Å². The van der Waals surface area contributed by atoms with Crippen LogP contribution in [0.25, 0.3) is 11.1 Å². The maximum absolute atomic E-state index is 12.5. The average Bonchev–Trinajstić information content (AvgIpc) is 2.93. The molecule has 1 amide bonds. The van der Waals surface area contributed by atoms with Crippen LogP contribution in [0.3, 0.4) is 0 Å². The van der Waals surface area contributed by atoms with Crippen LogP contribution in [0, 0.1) is 0 Å². The minimum Gasteiger partial charge on any atom is -0.300 e. The number of carbonyl (C=O) groups excluding carboxylic acids is 2. The van der Waals surface area contributed by atoms with Gasteiger partial charge in [0.05, 0.1) is 17.8 Å². The highest BCUT2D eigenvalue weighted by Gasteiger charge is 2.35. The summed E-state index contributed by atoms with van der Waals surface area (Å²) in [6, 6.07) is 23.9. The zero-order valence-electron chi connectivity index (χ0n) is 16.4. The van der Waals surface area contributed by atoms with Gasteiger partial charge in [0, 0.05) is 0 Å². The third kappa shape index (κ3) is 3.24. The van der Waals surface area contributed by atoms with Gasteiger partial charge in [0.15, 0.2) is 0 Å². The number of hydrogen-bond acceptors (Lipinski definition) is 2. The SMILES string of the molecule is CC(C)(C)c1ccc(-c2ccc3c(c2)N(Cc2ccccc2)C(=O)C3=O)cc1. The number of Topliss-reactive ketones (excluding diaryl/α,β-unsaturated/α-hetero) is 1. The lowest BCUT2D eigenvalue weighted by Crippen LogP contribution is -2.29. The topological polar surface area (TPSA) is 37.4 Å². The van der Waals surface area contributed by atoms with Crippen molar-refractivity contribution in [3.8, 4) is 11.1 Å². The van der Waals surface area contributed by atoms with Crippen LogP contribution in [0.4, 0.5) is 5.69 Å². The van der Waals surface area contributed by atoms with Crippen LogP contribution in [0.2, 0.25) is 0 Å². The van der Waals surface area contributed by atoms with Crippen LogP contribution in [-0.4, -0.2) is 11.7 Å². The Morgan fingerprint density at radius 2 is 1.43 bits per heavy atom. The van der Waals surface area contributed by atoms with Crippen molar-refractivity contribution in [2.45, 2.75) is 32.7 Å². The number of amides is 1. The molecule has 3 nitrogen and oxygen atoms in total. The number of fused-ring (bicyclic) bond motifs is 1. The zero-order valence-corrected chi connectivity index (χ0v) is 16.4. The van der Waals surface area contributed by atoms with E-state index in [9.17, 15) is 9.59 Å². The van der Waals surface area contributed by atoms with Crippen LogP contribution in [0.1, 0.15) is 42.3 Å². The van der Waals surface area contributed by atoms with Gasteiger partial charge in [0.25, 0.3) is 11.7 Å². The third-order valence-corrected chi connectivity index (χ3v) is 5.24. The van der Waals surface area contributed by atoms with E-state index in [0.717, 1.165) is 16.7 Å². The monoisotopic (exact) mass is 369 g/mol. The van der Waals surface area contributed by atoms with E-state index in [-0.39, 0.29) is 5.41 Å². The zero-order chi connectivity index (χ0) is 19.9. The molecule has 1 heterocycles. The van der Waals surface area contributed by atoms with Crippen molar-refractivity contribution in [1.82, 2.24) is 0 Å². The molecule has 0 saturated carbocycles. The Kier molecular flexibility index (Phi) is 4.38. The number of anilines is 1. The molecule has 0 N–H and O–H groups in total. The predicted octanol–water partition coefficient (Wildman–Crippen LogP) is 5.38. The van der Waals surface area contributed by atoms with Crippen molar-refractivity contribution in [2.75, 3.05) is 4.90 Å². The van der Waals surface area contributed by atoms with Gasteiger partial charge in [-0.3, -0.25) is 9.59 Å². The first-order chi connectivity index (χ1) is 13.3. The second kappa shape index (κ2) is 6.75. The van der Waals surface area contributed by atoms with E-state index in [1.54, 1.807) is 11.0 Å². The summed E-state index contributed by atoms with van der Waals surface area (Å²) in [5.74, 6) is -0.889. The van der Waals surface area contributed by atoms with Crippen molar-refractivity contribution in [2.24, 2.45) is 0 Å². The summed E-state index contributed by atoms with van der Waals surface area (Å²) in [5, 5.41) is 0. The minimum absolute atomic E-state index is 0.0990. The van der Waals surface area contributed by atoms with E-state index in [4.69, 9.17) is 0 Å². The quantitative estimate of drug-likeness (QED) is 0.581. The fraction of sp³-hybridized carbons (Fsp3) is 0.200. The molecule has 0 aliphatic carbocycles. The molecule has 0 radical (unpaired) electrons. The first-order valence-electron chi connectivity index (χ1n) is 9.50. The molecule has 1 aliphatic rings. The van der Waals surface area contributed by atoms with E-state index >= 15 is 0 Å². The van der Waals surface area contributed by atoms with Gasteiger partial charge in [-0.25, -0.2) is 0 Å². The highest BCUT2D eigenvalue weighted by atomic mass is 16.2. The van der Waals surface area contributed by atoms with Crippen LogP contribution in [0.15, 0.2) is 72.8 Å². The predicted molar refractivity (Wildman–Crippen MR) is 113 cm³/mol. The normalized spacial score (nSPS) is 13.8. The molecule has 0 saturated heterocycles. The summed E-state index contributed by atoms with van der Waals surface area (Å²) >= 11 is 0. The highest BCUT2D eigenvalue weighted by molar-refractivity contribution is 6.52. The summed E-state index contributed by atoms with van der Waals surface area (Å²) < 4.78 is 0. The Labute approximate surface area is 165 Å². The molecule has 3 aromatic rings. The Morgan fingerprint density at radius 3 is 2.07 bits per heavy atom. The number of nitrogens with zero attached hydrogens (tertiary/aromatic N) is 1. The summed E-state index contributed by atoms with van der Waals surface area (Å²) in [6.07, 6.45) is 0. The van der Waals surface area contributed by atoms with E-state index in [1.807, 2.05) is 42.5 Å². The van der Waals surface area contributed by atoms with Crippen LogP contribution < -0.4 is 4.90 Å². The van der Waals surface area contributed by atoms with Crippen molar-refractivity contribution in [1.29, 1.82) is 0 Å². The van der Waals surface area contributed by atoms with Crippen LogP contribution >= 0.6 is 0 Å². The van der Waals surface area contributed by atoms with Gasteiger partial charge in [-0.15, -0.1) is 0 Å².